The molecule has 1 rings (SSSR count). The second-order valence-corrected chi connectivity index (χ2v) is 4.65. The third-order valence-electron chi connectivity index (χ3n) is 3.75. The fraction of sp³-hybridized carbons (Fsp3) is 0.500. The van der Waals surface area contributed by atoms with E-state index in [1.807, 2.05) is 20.8 Å². The third kappa shape index (κ3) is 3.22. The van der Waals surface area contributed by atoms with Gasteiger partial charge in [-0.15, -0.1) is 0 Å². The minimum Gasteiger partial charge on any atom is -0.394 e. The Balaban J connectivity index is 3.01. The Labute approximate surface area is 112 Å². The van der Waals surface area contributed by atoms with Gasteiger partial charge in [0.15, 0.2) is 0 Å². The standard InChI is InChI=1S/C14H20F2N2O/c1-4-14(5-2,6-3)18-13(19)9-7-10(15)12(17)11(16)8-9/h7-8H,4-6,17H2,1-3H3,(H,18,19). The highest BCUT2D eigenvalue weighted by Gasteiger charge is 2.26. The highest BCUT2D eigenvalue weighted by Crippen LogP contribution is 2.22. The molecule has 0 aliphatic heterocycles. The summed E-state index contributed by atoms with van der Waals surface area (Å²) in [5.41, 5.74) is 4.22. The molecule has 0 spiro atoms. The van der Waals surface area contributed by atoms with Crippen LogP contribution in [0.3, 0.4) is 0 Å². The third-order valence-corrected chi connectivity index (χ3v) is 3.75. The molecule has 3 N–H and O–H groups in total. The monoisotopic (exact) mass is 270 g/mol. The van der Waals surface area contributed by atoms with Gasteiger partial charge in [-0.3, -0.25) is 4.79 Å². The molecule has 1 aromatic carbocycles. The summed E-state index contributed by atoms with van der Waals surface area (Å²) >= 11 is 0. The van der Waals surface area contributed by atoms with Crippen molar-refractivity contribution in [1.82, 2.24) is 5.32 Å². The summed E-state index contributed by atoms with van der Waals surface area (Å²) in [5.74, 6) is -2.32. The number of carbonyl (C=O) groups excluding carboxylic acids is 1. The molecule has 0 saturated carbocycles. The number of anilines is 1. The number of hydrogen-bond acceptors (Lipinski definition) is 2. The predicted molar refractivity (Wildman–Crippen MR) is 71.8 cm³/mol. The average Bonchev–Trinajstić information content (AvgIpc) is 2.41. The van der Waals surface area contributed by atoms with E-state index in [-0.39, 0.29) is 11.1 Å². The van der Waals surface area contributed by atoms with Crippen LogP contribution in [0.25, 0.3) is 0 Å². The summed E-state index contributed by atoms with van der Waals surface area (Å²) < 4.78 is 26.7. The van der Waals surface area contributed by atoms with Crippen molar-refractivity contribution in [1.29, 1.82) is 0 Å². The zero-order chi connectivity index (χ0) is 14.6. The molecule has 0 saturated heterocycles. The van der Waals surface area contributed by atoms with Gasteiger partial charge >= 0.3 is 0 Å². The summed E-state index contributed by atoms with van der Waals surface area (Å²) in [6.45, 7) is 5.91. The highest BCUT2D eigenvalue weighted by molar-refractivity contribution is 5.95. The van der Waals surface area contributed by atoms with Crippen LogP contribution in [0, 0.1) is 11.6 Å². The first-order valence-corrected chi connectivity index (χ1v) is 6.46. The van der Waals surface area contributed by atoms with Gasteiger partial charge in [0.2, 0.25) is 0 Å². The van der Waals surface area contributed by atoms with Gasteiger partial charge in [0.05, 0.1) is 0 Å². The van der Waals surface area contributed by atoms with Gasteiger partial charge in [0.25, 0.3) is 5.91 Å². The summed E-state index contributed by atoms with van der Waals surface area (Å²) in [4.78, 5) is 12.1. The smallest absolute Gasteiger partial charge is 0.251 e. The Morgan fingerprint density at radius 1 is 1.16 bits per heavy atom. The Hall–Kier alpha value is -1.65. The van der Waals surface area contributed by atoms with E-state index in [1.54, 1.807) is 0 Å². The SMILES string of the molecule is CCC(CC)(CC)NC(=O)c1cc(F)c(N)c(F)c1. The summed E-state index contributed by atoms with van der Waals surface area (Å²) in [6.07, 6.45) is 2.27. The lowest BCUT2D eigenvalue weighted by Crippen LogP contribution is -2.47. The van der Waals surface area contributed by atoms with Crippen molar-refractivity contribution in [2.75, 3.05) is 5.73 Å². The molecule has 0 atom stereocenters. The molecule has 0 unspecified atom stereocenters. The van der Waals surface area contributed by atoms with Crippen molar-refractivity contribution < 1.29 is 13.6 Å². The van der Waals surface area contributed by atoms with E-state index >= 15 is 0 Å². The molecule has 0 fully saturated rings. The molecular formula is C14H20F2N2O. The second kappa shape index (κ2) is 5.99. The van der Waals surface area contributed by atoms with E-state index in [1.165, 1.54) is 0 Å². The van der Waals surface area contributed by atoms with Crippen LogP contribution >= 0.6 is 0 Å². The van der Waals surface area contributed by atoms with Crippen molar-refractivity contribution in [3.05, 3.63) is 29.3 Å². The van der Waals surface area contributed by atoms with Gasteiger partial charge in [-0.25, -0.2) is 8.78 Å². The van der Waals surface area contributed by atoms with E-state index in [9.17, 15) is 13.6 Å². The van der Waals surface area contributed by atoms with E-state index in [2.05, 4.69) is 5.32 Å². The van der Waals surface area contributed by atoms with Crippen molar-refractivity contribution in [2.45, 2.75) is 45.6 Å². The van der Waals surface area contributed by atoms with E-state index < -0.39 is 23.2 Å². The van der Waals surface area contributed by atoms with Crippen molar-refractivity contribution in [3.8, 4) is 0 Å². The first kappa shape index (κ1) is 15.4. The van der Waals surface area contributed by atoms with Crippen molar-refractivity contribution in [3.63, 3.8) is 0 Å². The van der Waals surface area contributed by atoms with Crippen LogP contribution in [0.2, 0.25) is 0 Å². The van der Waals surface area contributed by atoms with E-state index in [4.69, 9.17) is 5.73 Å². The lowest BCUT2D eigenvalue weighted by molar-refractivity contribution is 0.0887. The normalized spacial score (nSPS) is 11.4. The minimum absolute atomic E-state index is 0.0519. The molecule has 0 aromatic heterocycles. The fourth-order valence-electron chi connectivity index (χ4n) is 2.04. The van der Waals surface area contributed by atoms with Gasteiger partial charge < -0.3 is 11.1 Å². The quantitative estimate of drug-likeness (QED) is 0.807. The summed E-state index contributed by atoms with van der Waals surface area (Å²) in [6, 6.07) is 1.92. The van der Waals surface area contributed by atoms with Crippen LogP contribution in [-0.2, 0) is 0 Å². The largest absolute Gasteiger partial charge is 0.394 e. The number of rotatable bonds is 5. The van der Waals surface area contributed by atoms with Gasteiger partial charge in [0, 0.05) is 11.1 Å². The van der Waals surface area contributed by atoms with Gasteiger partial charge in [-0.2, -0.15) is 0 Å². The number of nitrogens with two attached hydrogens (primary N) is 1. The maximum Gasteiger partial charge on any atom is 0.251 e. The summed E-state index contributed by atoms with van der Waals surface area (Å²) in [7, 11) is 0. The first-order valence-electron chi connectivity index (χ1n) is 6.46. The van der Waals surface area contributed by atoms with Crippen LogP contribution in [0.5, 0.6) is 0 Å². The molecule has 0 radical (unpaired) electrons. The van der Waals surface area contributed by atoms with Gasteiger partial charge in [0.1, 0.15) is 17.3 Å². The van der Waals surface area contributed by atoms with Crippen LogP contribution < -0.4 is 11.1 Å². The Kier molecular flexibility index (Phi) is 4.86. The van der Waals surface area contributed by atoms with E-state index in [0.717, 1.165) is 31.4 Å². The number of amides is 1. The van der Waals surface area contributed by atoms with Gasteiger partial charge in [-0.05, 0) is 31.4 Å². The number of nitrogen functional groups attached to an aromatic ring is 1. The Bertz CT molecular complexity index is 439. The lowest BCUT2D eigenvalue weighted by Gasteiger charge is -2.31. The number of benzene rings is 1. The number of hydrogen-bond donors (Lipinski definition) is 2. The molecule has 0 heterocycles. The molecule has 0 aliphatic rings. The van der Waals surface area contributed by atoms with Crippen molar-refractivity contribution >= 4 is 11.6 Å². The molecule has 0 aliphatic carbocycles. The molecule has 5 heteroatoms. The van der Waals surface area contributed by atoms with E-state index in [0.29, 0.717) is 0 Å². The number of nitrogens with one attached hydrogen (secondary N) is 1. The number of carbonyl (C=O) groups is 1. The maximum atomic E-state index is 13.3. The topological polar surface area (TPSA) is 55.1 Å². The van der Waals surface area contributed by atoms with Crippen LogP contribution in [0.1, 0.15) is 50.4 Å². The average molecular weight is 270 g/mol. The Morgan fingerprint density at radius 3 is 1.95 bits per heavy atom. The molecule has 0 bridgehead atoms. The zero-order valence-corrected chi connectivity index (χ0v) is 11.5. The molecule has 1 aromatic rings. The maximum absolute atomic E-state index is 13.3. The molecule has 19 heavy (non-hydrogen) atoms. The lowest BCUT2D eigenvalue weighted by atomic mass is 9.89. The Morgan fingerprint density at radius 2 is 1.58 bits per heavy atom. The zero-order valence-electron chi connectivity index (χ0n) is 11.5. The van der Waals surface area contributed by atoms with Crippen molar-refractivity contribution in [2.24, 2.45) is 0 Å². The molecule has 3 nitrogen and oxygen atoms in total. The number of halogens is 2. The predicted octanol–water partition coefficient (Wildman–Crippen LogP) is 3.25. The second-order valence-electron chi connectivity index (χ2n) is 4.65. The summed E-state index contributed by atoms with van der Waals surface area (Å²) in [5, 5.41) is 2.86. The minimum atomic E-state index is -0.916. The molecule has 106 valence electrons. The molecular weight excluding hydrogens is 250 g/mol. The van der Waals surface area contributed by atoms with Gasteiger partial charge in [-0.1, -0.05) is 20.8 Å². The van der Waals surface area contributed by atoms with Crippen LogP contribution in [0.4, 0.5) is 14.5 Å². The molecule has 1 amide bonds. The first-order chi connectivity index (χ1) is 8.89. The van der Waals surface area contributed by atoms with Crippen LogP contribution in [-0.4, -0.2) is 11.4 Å². The van der Waals surface area contributed by atoms with Crippen LogP contribution in [0.15, 0.2) is 12.1 Å². The fourth-order valence-corrected chi connectivity index (χ4v) is 2.04. The highest BCUT2D eigenvalue weighted by atomic mass is 19.1.